The maximum Gasteiger partial charge on any atom is 0.0694 e. The molecule has 3 nitrogen and oxygen atoms in total. The molecular formula is C17H25N3. The number of benzene rings is 1. The zero-order chi connectivity index (χ0) is 14.5. The van der Waals surface area contributed by atoms with Gasteiger partial charge in [0.05, 0.1) is 5.69 Å². The van der Waals surface area contributed by atoms with Crippen LogP contribution in [0, 0.1) is 0 Å². The van der Waals surface area contributed by atoms with E-state index in [0.29, 0.717) is 12.0 Å². The minimum atomic E-state index is 0.399. The van der Waals surface area contributed by atoms with E-state index in [9.17, 15) is 0 Å². The molecule has 1 atom stereocenters. The van der Waals surface area contributed by atoms with Gasteiger partial charge in [0.15, 0.2) is 0 Å². The fraction of sp³-hybridized carbons (Fsp3) is 0.471. The van der Waals surface area contributed by atoms with Crippen molar-refractivity contribution in [2.75, 3.05) is 0 Å². The van der Waals surface area contributed by atoms with Gasteiger partial charge in [0.1, 0.15) is 0 Å². The Labute approximate surface area is 122 Å². The van der Waals surface area contributed by atoms with Crippen LogP contribution in [-0.4, -0.2) is 9.78 Å². The second kappa shape index (κ2) is 6.71. The molecule has 1 aromatic carbocycles. The van der Waals surface area contributed by atoms with Crippen molar-refractivity contribution in [1.82, 2.24) is 15.1 Å². The standard InChI is InChI=1S/C17H25N3/c1-5-16(14-9-7-6-8-10-14)18-11-15-12-20(4)19-17(15)13(2)3/h6-10,12-13,16,18H,5,11H2,1-4H3. The van der Waals surface area contributed by atoms with Crippen molar-refractivity contribution in [1.29, 1.82) is 0 Å². The van der Waals surface area contributed by atoms with Crippen LogP contribution >= 0.6 is 0 Å². The molecule has 1 unspecified atom stereocenters. The van der Waals surface area contributed by atoms with Gasteiger partial charge in [-0.15, -0.1) is 0 Å². The van der Waals surface area contributed by atoms with Gasteiger partial charge in [-0.05, 0) is 17.9 Å². The highest BCUT2D eigenvalue weighted by atomic mass is 15.3. The van der Waals surface area contributed by atoms with Crippen LogP contribution < -0.4 is 5.32 Å². The van der Waals surface area contributed by atoms with Crippen molar-refractivity contribution < 1.29 is 0 Å². The van der Waals surface area contributed by atoms with E-state index >= 15 is 0 Å². The van der Waals surface area contributed by atoms with E-state index in [1.807, 2.05) is 11.7 Å². The zero-order valence-corrected chi connectivity index (χ0v) is 12.9. The van der Waals surface area contributed by atoms with Gasteiger partial charge in [-0.1, -0.05) is 51.1 Å². The van der Waals surface area contributed by atoms with Gasteiger partial charge in [0.25, 0.3) is 0 Å². The van der Waals surface area contributed by atoms with Crippen molar-refractivity contribution in [3.8, 4) is 0 Å². The maximum atomic E-state index is 4.56. The van der Waals surface area contributed by atoms with Gasteiger partial charge >= 0.3 is 0 Å². The number of nitrogens with one attached hydrogen (secondary N) is 1. The van der Waals surface area contributed by atoms with Crippen LogP contribution in [0.1, 0.15) is 56.0 Å². The van der Waals surface area contributed by atoms with Crippen molar-refractivity contribution in [3.63, 3.8) is 0 Å². The Balaban J connectivity index is 2.07. The highest BCUT2D eigenvalue weighted by molar-refractivity contribution is 5.22. The third-order valence-electron chi connectivity index (χ3n) is 3.63. The molecule has 3 heteroatoms. The summed E-state index contributed by atoms with van der Waals surface area (Å²) in [5.74, 6) is 0.463. The first-order chi connectivity index (χ1) is 9.61. The van der Waals surface area contributed by atoms with E-state index < -0.39 is 0 Å². The summed E-state index contributed by atoms with van der Waals surface area (Å²) in [5.41, 5.74) is 3.85. The monoisotopic (exact) mass is 271 g/mol. The van der Waals surface area contributed by atoms with Crippen LogP contribution in [-0.2, 0) is 13.6 Å². The molecule has 0 amide bonds. The third-order valence-corrected chi connectivity index (χ3v) is 3.63. The van der Waals surface area contributed by atoms with E-state index in [4.69, 9.17) is 0 Å². The first-order valence-electron chi connectivity index (χ1n) is 7.42. The van der Waals surface area contributed by atoms with Crippen molar-refractivity contribution in [3.05, 3.63) is 53.3 Å². The van der Waals surface area contributed by atoms with Crippen molar-refractivity contribution in [2.24, 2.45) is 7.05 Å². The molecule has 1 N–H and O–H groups in total. The minimum absolute atomic E-state index is 0.399. The van der Waals surface area contributed by atoms with Gasteiger partial charge in [-0.25, -0.2) is 0 Å². The molecule has 0 spiro atoms. The fourth-order valence-electron chi connectivity index (χ4n) is 2.59. The molecule has 0 radical (unpaired) electrons. The number of hydrogen-bond donors (Lipinski definition) is 1. The number of aryl methyl sites for hydroxylation is 1. The first kappa shape index (κ1) is 14.8. The Morgan fingerprint density at radius 3 is 2.50 bits per heavy atom. The quantitative estimate of drug-likeness (QED) is 0.866. The molecule has 2 aromatic rings. The largest absolute Gasteiger partial charge is 0.306 e. The molecule has 2 rings (SSSR count). The summed E-state index contributed by atoms with van der Waals surface area (Å²) in [7, 11) is 1.99. The maximum absolute atomic E-state index is 4.56. The van der Waals surface area contributed by atoms with Crippen LogP contribution in [0.2, 0.25) is 0 Å². The molecule has 1 heterocycles. The number of rotatable bonds is 6. The van der Waals surface area contributed by atoms with Crippen LogP contribution in [0.5, 0.6) is 0 Å². The van der Waals surface area contributed by atoms with Gasteiger partial charge < -0.3 is 5.32 Å². The normalized spacial score (nSPS) is 12.8. The van der Waals surface area contributed by atoms with Crippen molar-refractivity contribution >= 4 is 0 Å². The molecule has 0 aliphatic carbocycles. The second-order valence-electron chi connectivity index (χ2n) is 5.62. The predicted molar refractivity (Wildman–Crippen MR) is 83.6 cm³/mol. The lowest BCUT2D eigenvalue weighted by atomic mass is 10.0. The molecule has 108 valence electrons. The zero-order valence-electron chi connectivity index (χ0n) is 12.9. The Morgan fingerprint density at radius 1 is 1.20 bits per heavy atom. The first-order valence-corrected chi connectivity index (χ1v) is 7.42. The Bertz CT molecular complexity index is 528. The molecule has 0 saturated heterocycles. The van der Waals surface area contributed by atoms with E-state index in [1.54, 1.807) is 0 Å². The van der Waals surface area contributed by atoms with Crippen molar-refractivity contribution in [2.45, 2.75) is 45.7 Å². The molecule has 20 heavy (non-hydrogen) atoms. The molecule has 0 aliphatic rings. The molecule has 0 aliphatic heterocycles. The van der Waals surface area contributed by atoms with Crippen LogP contribution in [0.3, 0.4) is 0 Å². The van der Waals surface area contributed by atoms with Gasteiger partial charge in [-0.3, -0.25) is 4.68 Å². The van der Waals surface area contributed by atoms with Crippen LogP contribution in [0.25, 0.3) is 0 Å². The number of nitrogens with zero attached hydrogens (tertiary/aromatic N) is 2. The summed E-state index contributed by atoms with van der Waals surface area (Å²) < 4.78 is 1.91. The third kappa shape index (κ3) is 3.48. The minimum Gasteiger partial charge on any atom is -0.306 e. The van der Waals surface area contributed by atoms with Gasteiger partial charge in [0.2, 0.25) is 0 Å². The Morgan fingerprint density at radius 2 is 1.90 bits per heavy atom. The molecule has 1 aromatic heterocycles. The smallest absolute Gasteiger partial charge is 0.0694 e. The van der Waals surface area contributed by atoms with E-state index in [2.05, 4.69) is 67.7 Å². The van der Waals surface area contributed by atoms with Gasteiger partial charge in [0, 0.05) is 31.4 Å². The average molecular weight is 271 g/mol. The Hall–Kier alpha value is -1.61. The molecule has 0 fully saturated rings. The lowest BCUT2D eigenvalue weighted by Crippen LogP contribution is -2.20. The number of aromatic nitrogens is 2. The van der Waals surface area contributed by atoms with E-state index in [0.717, 1.165) is 13.0 Å². The van der Waals surface area contributed by atoms with E-state index in [1.165, 1.54) is 16.8 Å². The molecule has 0 bridgehead atoms. The second-order valence-corrected chi connectivity index (χ2v) is 5.62. The SMILES string of the molecule is CCC(NCc1cn(C)nc1C(C)C)c1ccccc1. The highest BCUT2D eigenvalue weighted by Gasteiger charge is 2.13. The topological polar surface area (TPSA) is 29.9 Å². The summed E-state index contributed by atoms with van der Waals surface area (Å²) in [5, 5.41) is 8.22. The molecular weight excluding hydrogens is 246 g/mol. The van der Waals surface area contributed by atoms with Crippen LogP contribution in [0.4, 0.5) is 0 Å². The summed E-state index contributed by atoms with van der Waals surface area (Å²) in [6.45, 7) is 7.48. The fourth-order valence-corrected chi connectivity index (χ4v) is 2.59. The van der Waals surface area contributed by atoms with Crippen LogP contribution in [0.15, 0.2) is 36.5 Å². The Kier molecular flexibility index (Phi) is 4.96. The lowest BCUT2D eigenvalue weighted by molar-refractivity contribution is 0.516. The summed E-state index contributed by atoms with van der Waals surface area (Å²) in [6, 6.07) is 11.0. The molecule has 0 saturated carbocycles. The highest BCUT2D eigenvalue weighted by Crippen LogP contribution is 2.20. The summed E-state index contributed by atoms with van der Waals surface area (Å²) in [6.07, 6.45) is 3.21. The predicted octanol–water partition coefficient (Wildman–Crippen LogP) is 3.78. The van der Waals surface area contributed by atoms with Gasteiger partial charge in [-0.2, -0.15) is 5.10 Å². The van der Waals surface area contributed by atoms with E-state index in [-0.39, 0.29) is 0 Å². The number of hydrogen-bond acceptors (Lipinski definition) is 2. The average Bonchev–Trinajstić information content (AvgIpc) is 2.82. The summed E-state index contributed by atoms with van der Waals surface area (Å²) in [4.78, 5) is 0. The summed E-state index contributed by atoms with van der Waals surface area (Å²) >= 11 is 0. The lowest BCUT2D eigenvalue weighted by Gasteiger charge is -2.17.